The molecule has 0 N–H and O–H groups in total. The normalized spacial score (nSPS) is 21.3. The Kier molecular flexibility index (Phi) is 6.73. The van der Waals surface area contributed by atoms with E-state index >= 15 is 0 Å². The van der Waals surface area contributed by atoms with Crippen molar-refractivity contribution in [3.8, 4) is 11.1 Å². The minimum absolute atomic E-state index is 0.0669. The molecule has 4 aliphatic rings. The second-order valence-corrected chi connectivity index (χ2v) is 22.2. The van der Waals surface area contributed by atoms with Gasteiger partial charge < -0.3 is 0 Å². The van der Waals surface area contributed by atoms with Crippen molar-refractivity contribution in [3.05, 3.63) is 127 Å². The molecule has 0 aliphatic heterocycles. The molecule has 0 bridgehead atoms. The molecule has 43 heavy (non-hydrogen) atoms. The van der Waals surface area contributed by atoms with Crippen LogP contribution in [-0.2, 0) is 32.1 Å². The van der Waals surface area contributed by atoms with Gasteiger partial charge in [-0.15, -0.1) is 0 Å². The van der Waals surface area contributed by atoms with Crippen molar-refractivity contribution in [2.24, 2.45) is 11.3 Å². The topological polar surface area (TPSA) is 0 Å². The molecule has 0 amide bonds. The monoisotopic (exact) mass is 640 g/mol. The molecule has 0 radical (unpaired) electrons. The standard InChI is InChI=1S/C23H21.C11H17.C8H8.Zr/c1-22(2)7-5-14-10-18-16(12-20(14)22)9-17-13-21-15(11-19(17)18)6-8-23(21,3)4;1-5-9-6-7-10(8-9)11(2,3)4;1-2-8-6-4-3-5-7-8;/h5-13H,1-4H3;7-9H,5H2,1-4H3;3-7H,1H3;. The average molecular weight is 642 g/mol. The van der Waals surface area contributed by atoms with Crippen LogP contribution in [0.2, 0.25) is 0 Å². The van der Waals surface area contributed by atoms with Gasteiger partial charge in [0.05, 0.1) is 0 Å². The van der Waals surface area contributed by atoms with Crippen molar-refractivity contribution in [2.45, 2.75) is 83.2 Å². The van der Waals surface area contributed by atoms with E-state index in [2.05, 4.69) is 153 Å². The summed E-state index contributed by atoms with van der Waals surface area (Å²) >= 11 is -2.63. The summed E-state index contributed by atoms with van der Waals surface area (Å²) in [4.78, 5) is 0. The van der Waals surface area contributed by atoms with E-state index in [1.807, 2.05) is 0 Å². The first kappa shape index (κ1) is 29.1. The fourth-order valence-corrected chi connectivity index (χ4v) is 17.3. The first-order valence-electron chi connectivity index (χ1n) is 16.3. The summed E-state index contributed by atoms with van der Waals surface area (Å²) in [5.74, 6) is 0.537. The van der Waals surface area contributed by atoms with Gasteiger partial charge in [0.1, 0.15) is 0 Å². The Morgan fingerprint density at radius 1 is 0.791 bits per heavy atom. The molecule has 0 heterocycles. The van der Waals surface area contributed by atoms with Gasteiger partial charge in [-0.25, -0.2) is 0 Å². The van der Waals surface area contributed by atoms with Crippen LogP contribution in [0, 0.1) is 11.3 Å². The van der Waals surface area contributed by atoms with Crippen LogP contribution in [0.25, 0.3) is 23.3 Å². The first-order valence-corrected chi connectivity index (χ1v) is 20.1. The van der Waals surface area contributed by atoms with Gasteiger partial charge in [0.25, 0.3) is 0 Å². The van der Waals surface area contributed by atoms with Crippen LogP contribution in [0.5, 0.6) is 0 Å². The number of hydrogen-bond donors (Lipinski definition) is 0. The number of rotatable bonds is 4. The molecule has 1 heteroatoms. The van der Waals surface area contributed by atoms with E-state index in [4.69, 9.17) is 0 Å². The van der Waals surface area contributed by atoms with E-state index in [9.17, 15) is 0 Å². The van der Waals surface area contributed by atoms with Crippen LogP contribution in [-0.4, -0.2) is 3.21 Å². The molecule has 0 nitrogen and oxygen atoms in total. The van der Waals surface area contributed by atoms with E-state index in [1.54, 1.807) is 17.6 Å². The second-order valence-electron chi connectivity index (χ2n) is 15.5. The summed E-state index contributed by atoms with van der Waals surface area (Å²) in [6, 6.07) is 21.8. The molecular weight excluding hydrogens is 596 g/mol. The predicted octanol–water partition coefficient (Wildman–Crippen LogP) is 11.1. The zero-order valence-corrected chi connectivity index (χ0v) is 30.0. The van der Waals surface area contributed by atoms with Gasteiger partial charge in [0.15, 0.2) is 0 Å². The fourth-order valence-electron chi connectivity index (χ4n) is 8.01. The number of allylic oxidation sites excluding steroid dienone is 6. The zero-order valence-electron chi connectivity index (χ0n) is 27.5. The minimum atomic E-state index is -2.63. The average Bonchev–Trinajstić information content (AvgIpc) is 3.70. The van der Waals surface area contributed by atoms with Crippen molar-refractivity contribution < 1.29 is 21.3 Å². The molecule has 7 rings (SSSR count). The Morgan fingerprint density at radius 2 is 1.33 bits per heavy atom. The molecule has 1 unspecified atom stereocenters. The predicted molar refractivity (Wildman–Crippen MR) is 183 cm³/mol. The summed E-state index contributed by atoms with van der Waals surface area (Å²) in [7, 11) is 0. The maximum absolute atomic E-state index is 2.69. The quantitative estimate of drug-likeness (QED) is 0.266. The Bertz CT molecular complexity index is 1750. The summed E-state index contributed by atoms with van der Waals surface area (Å²) in [5.41, 5.74) is 15.2. The second kappa shape index (κ2) is 9.94. The van der Waals surface area contributed by atoms with Crippen LogP contribution in [0.4, 0.5) is 0 Å². The Hall–Kier alpha value is -2.63. The molecule has 0 saturated heterocycles. The summed E-state index contributed by atoms with van der Waals surface area (Å²) < 4.78 is 3.93. The van der Waals surface area contributed by atoms with Gasteiger partial charge in [-0.3, -0.25) is 0 Å². The van der Waals surface area contributed by atoms with Crippen molar-refractivity contribution >= 4 is 15.4 Å². The van der Waals surface area contributed by atoms with Gasteiger partial charge in [-0.1, -0.05) is 0 Å². The third-order valence-corrected chi connectivity index (χ3v) is 19.1. The van der Waals surface area contributed by atoms with Crippen LogP contribution >= 0.6 is 0 Å². The van der Waals surface area contributed by atoms with E-state index in [-0.39, 0.29) is 16.2 Å². The van der Waals surface area contributed by atoms with Gasteiger partial charge in [0.2, 0.25) is 0 Å². The van der Waals surface area contributed by atoms with E-state index in [0.29, 0.717) is 9.54 Å². The Morgan fingerprint density at radius 3 is 1.81 bits per heavy atom. The fraction of sp³-hybridized carbons (Fsp3) is 0.357. The van der Waals surface area contributed by atoms with E-state index < -0.39 is 21.3 Å². The molecule has 0 spiro atoms. The molecular formula is C42H46Zr. The molecule has 4 aliphatic carbocycles. The Labute approximate surface area is 267 Å². The summed E-state index contributed by atoms with van der Waals surface area (Å²) in [6.07, 6.45) is 16.0. The van der Waals surface area contributed by atoms with Crippen LogP contribution in [0.1, 0.15) is 111 Å². The maximum atomic E-state index is 2.69. The van der Waals surface area contributed by atoms with Gasteiger partial charge in [-0.2, -0.15) is 0 Å². The van der Waals surface area contributed by atoms with Crippen molar-refractivity contribution in [1.82, 2.24) is 0 Å². The van der Waals surface area contributed by atoms with Gasteiger partial charge in [-0.05, 0) is 0 Å². The molecule has 0 fully saturated rings. The summed E-state index contributed by atoms with van der Waals surface area (Å²) in [6.45, 7) is 21.6. The van der Waals surface area contributed by atoms with E-state index in [1.165, 1.54) is 50.9 Å². The van der Waals surface area contributed by atoms with Crippen molar-refractivity contribution in [3.63, 3.8) is 0 Å². The van der Waals surface area contributed by atoms with Crippen LogP contribution in [0.15, 0.2) is 87.8 Å². The van der Waals surface area contributed by atoms with Crippen molar-refractivity contribution in [2.75, 3.05) is 0 Å². The third kappa shape index (κ3) is 4.60. The molecule has 3 aromatic rings. The number of benzene rings is 3. The van der Waals surface area contributed by atoms with Crippen LogP contribution in [0.3, 0.4) is 0 Å². The zero-order chi connectivity index (χ0) is 30.5. The molecule has 3 aromatic carbocycles. The first-order chi connectivity index (χ1) is 20.3. The van der Waals surface area contributed by atoms with Gasteiger partial charge in [0, 0.05) is 0 Å². The van der Waals surface area contributed by atoms with Crippen molar-refractivity contribution in [1.29, 1.82) is 0 Å². The number of fused-ring (bicyclic) bond motifs is 5. The Balaban J connectivity index is 1.56. The summed E-state index contributed by atoms with van der Waals surface area (Å²) in [5, 5.41) is 0. The van der Waals surface area contributed by atoms with E-state index in [0.717, 1.165) is 0 Å². The third-order valence-electron chi connectivity index (χ3n) is 10.7. The molecule has 0 aromatic heterocycles. The van der Waals surface area contributed by atoms with Gasteiger partial charge >= 0.3 is 269 Å². The molecule has 1 atom stereocenters. The molecule has 0 saturated carbocycles. The SMILES string of the molecule is CCC1C=C(C(C)(C)C)C=[C]1[Zr](=[C](C)c1ccccc1)[CH]1c2cc3c(cc2-c2cc4c(cc21)C(C)(C)C=C4)C=CC3(C)C. The number of hydrogen-bond acceptors (Lipinski definition) is 0. The van der Waals surface area contributed by atoms with Crippen LogP contribution < -0.4 is 0 Å². The molecule has 218 valence electrons.